The normalized spacial score (nSPS) is 11.3. The van der Waals surface area contributed by atoms with E-state index in [9.17, 15) is 19.7 Å². The first-order valence-corrected chi connectivity index (χ1v) is 7.81. The lowest BCUT2D eigenvalue weighted by Crippen LogP contribution is -2.37. The number of amides is 1. The number of esters is 1. The molecule has 1 N–H and O–H groups in total. The van der Waals surface area contributed by atoms with E-state index in [0.29, 0.717) is 6.54 Å². The molecule has 1 atom stereocenters. The predicted molar refractivity (Wildman–Crippen MR) is 88.6 cm³/mol. The lowest BCUT2D eigenvalue weighted by Gasteiger charge is -2.14. The van der Waals surface area contributed by atoms with Crippen LogP contribution in [0, 0.1) is 10.1 Å². The first-order chi connectivity index (χ1) is 11.9. The van der Waals surface area contributed by atoms with E-state index in [1.165, 1.54) is 32.2 Å². The maximum Gasteiger partial charge on any atom is 0.344 e. The SMILES string of the molecule is CCCCNC(=O)C(C)OC(=O)COc1ccc([N+](=O)[O-])c(OC)c1. The van der Waals surface area contributed by atoms with Crippen LogP contribution in [0.25, 0.3) is 0 Å². The monoisotopic (exact) mass is 354 g/mol. The van der Waals surface area contributed by atoms with Crippen LogP contribution >= 0.6 is 0 Å². The van der Waals surface area contributed by atoms with Crippen molar-refractivity contribution in [3.05, 3.63) is 28.3 Å². The Morgan fingerprint density at radius 2 is 2.08 bits per heavy atom. The molecular weight excluding hydrogens is 332 g/mol. The fourth-order valence-corrected chi connectivity index (χ4v) is 1.86. The summed E-state index contributed by atoms with van der Waals surface area (Å²) in [5.74, 6) is -0.881. The van der Waals surface area contributed by atoms with Crippen molar-refractivity contribution in [1.29, 1.82) is 0 Å². The summed E-state index contributed by atoms with van der Waals surface area (Å²) in [6.07, 6.45) is 0.859. The Hall–Kier alpha value is -2.84. The number of benzene rings is 1. The number of nitrogens with one attached hydrogen (secondary N) is 1. The van der Waals surface area contributed by atoms with Crippen molar-refractivity contribution in [2.45, 2.75) is 32.8 Å². The largest absolute Gasteiger partial charge is 0.490 e. The Balaban J connectivity index is 2.51. The molecule has 0 aliphatic heterocycles. The minimum absolute atomic E-state index is 0.0135. The first-order valence-electron chi connectivity index (χ1n) is 7.81. The van der Waals surface area contributed by atoms with Crippen molar-refractivity contribution in [3.8, 4) is 11.5 Å². The van der Waals surface area contributed by atoms with Gasteiger partial charge in [-0.1, -0.05) is 13.3 Å². The summed E-state index contributed by atoms with van der Waals surface area (Å²) in [6, 6.07) is 3.85. The third kappa shape index (κ3) is 6.66. The second-order valence-electron chi connectivity index (χ2n) is 5.16. The minimum Gasteiger partial charge on any atom is -0.490 e. The number of nitro groups is 1. The highest BCUT2D eigenvalue weighted by atomic mass is 16.6. The number of methoxy groups -OCH3 is 1. The van der Waals surface area contributed by atoms with Crippen molar-refractivity contribution in [3.63, 3.8) is 0 Å². The fourth-order valence-electron chi connectivity index (χ4n) is 1.86. The van der Waals surface area contributed by atoms with E-state index in [-0.39, 0.29) is 23.1 Å². The molecule has 0 radical (unpaired) electrons. The Bertz CT molecular complexity index is 619. The van der Waals surface area contributed by atoms with Crippen LogP contribution < -0.4 is 14.8 Å². The molecule has 0 spiro atoms. The molecule has 9 nitrogen and oxygen atoms in total. The number of nitro benzene ring substituents is 1. The molecule has 0 fully saturated rings. The molecule has 1 aromatic rings. The summed E-state index contributed by atoms with van der Waals surface area (Å²) in [6.45, 7) is 3.55. The average Bonchev–Trinajstić information content (AvgIpc) is 2.59. The lowest BCUT2D eigenvalue weighted by molar-refractivity contribution is -0.385. The number of ether oxygens (including phenoxy) is 3. The van der Waals surface area contributed by atoms with Crippen LogP contribution in [0.2, 0.25) is 0 Å². The molecule has 1 rings (SSSR count). The molecule has 0 heterocycles. The van der Waals surface area contributed by atoms with Crippen LogP contribution in [0.1, 0.15) is 26.7 Å². The second-order valence-corrected chi connectivity index (χ2v) is 5.16. The van der Waals surface area contributed by atoms with E-state index in [1.54, 1.807) is 0 Å². The van der Waals surface area contributed by atoms with Gasteiger partial charge in [-0.25, -0.2) is 4.79 Å². The molecule has 0 aromatic heterocycles. The first kappa shape index (κ1) is 20.2. The van der Waals surface area contributed by atoms with Gasteiger partial charge in [0.05, 0.1) is 12.0 Å². The molecule has 0 bridgehead atoms. The zero-order valence-electron chi connectivity index (χ0n) is 14.4. The van der Waals surface area contributed by atoms with E-state index in [0.717, 1.165) is 12.8 Å². The van der Waals surface area contributed by atoms with Crippen molar-refractivity contribution < 1.29 is 28.7 Å². The van der Waals surface area contributed by atoms with E-state index < -0.39 is 23.6 Å². The van der Waals surface area contributed by atoms with E-state index in [4.69, 9.17) is 14.2 Å². The zero-order valence-corrected chi connectivity index (χ0v) is 14.4. The smallest absolute Gasteiger partial charge is 0.344 e. The number of hydrogen-bond donors (Lipinski definition) is 1. The number of nitrogens with zero attached hydrogens (tertiary/aromatic N) is 1. The Morgan fingerprint density at radius 1 is 1.36 bits per heavy atom. The van der Waals surface area contributed by atoms with Gasteiger partial charge in [0.1, 0.15) is 5.75 Å². The molecule has 1 unspecified atom stereocenters. The maximum atomic E-state index is 11.7. The quantitative estimate of drug-likeness (QED) is 0.295. The van der Waals surface area contributed by atoms with Crippen LogP contribution in [0.3, 0.4) is 0 Å². The summed E-state index contributed by atoms with van der Waals surface area (Å²) in [7, 11) is 1.29. The van der Waals surface area contributed by atoms with Gasteiger partial charge < -0.3 is 19.5 Å². The summed E-state index contributed by atoms with van der Waals surface area (Å²) < 4.78 is 15.1. The summed E-state index contributed by atoms with van der Waals surface area (Å²) in [4.78, 5) is 33.6. The molecule has 0 aliphatic carbocycles. The van der Waals surface area contributed by atoms with Crippen LogP contribution in [0.15, 0.2) is 18.2 Å². The number of unbranched alkanes of at least 4 members (excludes halogenated alkanes) is 1. The summed E-state index contributed by atoms with van der Waals surface area (Å²) in [5, 5.41) is 13.5. The minimum atomic E-state index is -0.931. The van der Waals surface area contributed by atoms with Gasteiger partial charge in [0, 0.05) is 18.7 Å². The second kappa shape index (κ2) is 10.1. The van der Waals surface area contributed by atoms with Crippen LogP contribution in [-0.2, 0) is 14.3 Å². The molecule has 1 aromatic carbocycles. The molecule has 0 saturated heterocycles. The van der Waals surface area contributed by atoms with E-state index >= 15 is 0 Å². The average molecular weight is 354 g/mol. The Kier molecular flexibility index (Phi) is 8.17. The molecule has 0 saturated carbocycles. The highest BCUT2D eigenvalue weighted by Gasteiger charge is 2.19. The molecule has 1 amide bonds. The van der Waals surface area contributed by atoms with Crippen molar-refractivity contribution in [2.75, 3.05) is 20.3 Å². The van der Waals surface area contributed by atoms with Crippen LogP contribution in [0.5, 0.6) is 11.5 Å². The van der Waals surface area contributed by atoms with Gasteiger partial charge in [-0.2, -0.15) is 0 Å². The van der Waals surface area contributed by atoms with Gasteiger partial charge >= 0.3 is 11.7 Å². The van der Waals surface area contributed by atoms with Gasteiger partial charge in [0.2, 0.25) is 5.75 Å². The molecule has 138 valence electrons. The third-order valence-corrected chi connectivity index (χ3v) is 3.21. The van der Waals surface area contributed by atoms with Gasteiger partial charge in [0.15, 0.2) is 12.7 Å². The Labute approximate surface area is 145 Å². The van der Waals surface area contributed by atoms with Gasteiger partial charge in [-0.15, -0.1) is 0 Å². The van der Waals surface area contributed by atoms with Gasteiger partial charge in [-0.3, -0.25) is 14.9 Å². The van der Waals surface area contributed by atoms with E-state index in [1.807, 2.05) is 6.92 Å². The van der Waals surface area contributed by atoms with E-state index in [2.05, 4.69) is 5.32 Å². The number of carbonyl (C=O) groups is 2. The zero-order chi connectivity index (χ0) is 18.8. The van der Waals surface area contributed by atoms with Crippen LogP contribution in [-0.4, -0.2) is 43.2 Å². The van der Waals surface area contributed by atoms with Crippen LogP contribution in [0.4, 0.5) is 5.69 Å². The number of rotatable bonds is 10. The van der Waals surface area contributed by atoms with Crippen molar-refractivity contribution in [1.82, 2.24) is 5.32 Å². The fraction of sp³-hybridized carbons (Fsp3) is 0.500. The standard InChI is InChI=1S/C16H22N2O7/c1-4-5-8-17-16(20)11(2)25-15(19)10-24-12-6-7-13(18(21)22)14(9-12)23-3/h6-7,9,11H,4-5,8,10H2,1-3H3,(H,17,20). The lowest BCUT2D eigenvalue weighted by atomic mass is 10.3. The third-order valence-electron chi connectivity index (χ3n) is 3.21. The Morgan fingerprint density at radius 3 is 2.68 bits per heavy atom. The molecular formula is C16H22N2O7. The molecule has 25 heavy (non-hydrogen) atoms. The van der Waals surface area contributed by atoms with Gasteiger partial charge in [0.25, 0.3) is 5.91 Å². The number of hydrogen-bond acceptors (Lipinski definition) is 7. The predicted octanol–water partition coefficient (Wildman–Crippen LogP) is 1.83. The highest BCUT2D eigenvalue weighted by Crippen LogP contribution is 2.30. The number of carbonyl (C=O) groups excluding carboxylic acids is 2. The van der Waals surface area contributed by atoms with Crippen molar-refractivity contribution in [2.24, 2.45) is 0 Å². The topological polar surface area (TPSA) is 117 Å². The molecule has 9 heteroatoms. The van der Waals surface area contributed by atoms with Crippen molar-refractivity contribution >= 4 is 17.6 Å². The highest BCUT2D eigenvalue weighted by molar-refractivity contribution is 5.83. The maximum absolute atomic E-state index is 11.7. The molecule has 0 aliphatic rings. The summed E-state index contributed by atoms with van der Waals surface area (Å²) >= 11 is 0. The van der Waals surface area contributed by atoms with Gasteiger partial charge in [-0.05, 0) is 19.4 Å². The summed E-state index contributed by atoms with van der Waals surface area (Å²) in [5.41, 5.74) is -0.213.